The Morgan fingerprint density at radius 1 is 1.00 bits per heavy atom. The van der Waals surface area contributed by atoms with Crippen LogP contribution in [0.15, 0.2) is 6.07 Å². The Morgan fingerprint density at radius 3 is 1.93 bits per heavy atom. The summed E-state index contributed by atoms with van der Waals surface area (Å²) in [6, 6.07) is 0.258. The second kappa shape index (κ2) is 3.00. The summed E-state index contributed by atoms with van der Waals surface area (Å²) in [4.78, 5) is 0. The molecule has 0 radical (unpaired) electrons. The molecule has 0 aromatic heterocycles. The van der Waals surface area contributed by atoms with Gasteiger partial charge >= 0.3 is 6.18 Å². The first-order valence-electron chi connectivity index (χ1n) is 3.35. The van der Waals surface area contributed by atoms with Crippen molar-refractivity contribution in [2.45, 2.75) is 6.18 Å². The van der Waals surface area contributed by atoms with Crippen molar-refractivity contribution < 1.29 is 22.0 Å². The fraction of sp³-hybridized carbons (Fsp3) is 0.143. The summed E-state index contributed by atoms with van der Waals surface area (Å²) in [7, 11) is 0. The Hall–Kier alpha value is -1.53. The summed E-state index contributed by atoms with van der Waals surface area (Å²) in [5.41, 5.74) is 5.87. The molecule has 0 saturated heterocycles. The third-order valence-corrected chi connectivity index (χ3v) is 1.58. The molecule has 0 bridgehead atoms. The van der Waals surface area contributed by atoms with E-state index in [2.05, 4.69) is 0 Å². The van der Waals surface area contributed by atoms with Crippen LogP contribution in [0.3, 0.4) is 0 Å². The molecule has 0 aliphatic heterocycles. The van der Waals surface area contributed by atoms with Gasteiger partial charge in [0.25, 0.3) is 0 Å². The Labute approximate surface area is 75.3 Å². The van der Waals surface area contributed by atoms with Crippen LogP contribution in [0.5, 0.6) is 0 Å². The molecule has 1 aromatic rings. The van der Waals surface area contributed by atoms with E-state index in [1.54, 1.807) is 0 Å². The van der Waals surface area contributed by atoms with Crippen LogP contribution >= 0.6 is 0 Å². The molecule has 0 heterocycles. The fourth-order valence-corrected chi connectivity index (χ4v) is 0.894. The molecule has 0 unspecified atom stereocenters. The lowest BCUT2D eigenvalue weighted by atomic mass is 10.1. The van der Waals surface area contributed by atoms with Gasteiger partial charge in [0.2, 0.25) is 0 Å². The zero-order chi connectivity index (χ0) is 11.1. The van der Waals surface area contributed by atoms with E-state index in [-0.39, 0.29) is 6.07 Å². The fourth-order valence-electron chi connectivity index (χ4n) is 0.894. The van der Waals surface area contributed by atoms with Crippen molar-refractivity contribution in [3.63, 3.8) is 0 Å². The minimum absolute atomic E-state index is 0.258. The molecule has 1 rings (SSSR count). The van der Waals surface area contributed by atoms with Gasteiger partial charge in [-0.05, 0) is 6.07 Å². The van der Waals surface area contributed by atoms with Crippen LogP contribution in [0.25, 0.3) is 0 Å². The first-order chi connectivity index (χ1) is 6.25. The average Bonchev–Trinajstić information content (AvgIpc) is 2.06. The molecule has 0 atom stereocenters. The predicted molar refractivity (Wildman–Crippen MR) is 40.2 cm³/mol. The highest BCUT2D eigenvalue weighted by Crippen LogP contribution is 2.37. The van der Waals surface area contributed by atoms with Crippen molar-refractivity contribution in [3.05, 3.63) is 23.3 Å². The molecule has 0 aliphatic carbocycles. The van der Waals surface area contributed by atoms with Crippen molar-refractivity contribution in [1.29, 1.82) is 0 Å². The molecule has 0 amide bonds. The van der Waals surface area contributed by atoms with Crippen molar-refractivity contribution in [3.8, 4) is 0 Å². The summed E-state index contributed by atoms with van der Waals surface area (Å²) < 4.78 is 61.7. The molecule has 14 heavy (non-hydrogen) atoms. The zero-order valence-electron chi connectivity index (χ0n) is 6.62. The van der Waals surface area contributed by atoms with Gasteiger partial charge in [-0.2, -0.15) is 13.2 Å². The number of halogens is 5. The Balaban J connectivity index is 3.49. The number of hydrogen-bond donors (Lipinski definition) is 2. The van der Waals surface area contributed by atoms with E-state index in [9.17, 15) is 22.0 Å². The molecule has 78 valence electrons. The number of alkyl halides is 3. The SMILES string of the molecule is Nc1cc(C(F)(F)F)c(N)c(F)c1F. The summed E-state index contributed by atoms with van der Waals surface area (Å²) in [5, 5.41) is 0. The molecule has 2 nitrogen and oxygen atoms in total. The van der Waals surface area contributed by atoms with E-state index in [4.69, 9.17) is 11.5 Å². The van der Waals surface area contributed by atoms with Crippen LogP contribution in [0.1, 0.15) is 5.56 Å². The standard InChI is InChI=1S/C7H5F5N2/c8-4-3(13)1-2(7(10,11)12)6(14)5(4)9/h1H,13-14H2. The number of nitrogens with two attached hydrogens (primary N) is 2. The van der Waals surface area contributed by atoms with Gasteiger partial charge in [-0.15, -0.1) is 0 Å². The second-order valence-electron chi connectivity index (χ2n) is 2.55. The molecule has 4 N–H and O–H groups in total. The smallest absolute Gasteiger partial charge is 0.396 e. The largest absolute Gasteiger partial charge is 0.418 e. The normalized spacial score (nSPS) is 11.8. The highest BCUT2D eigenvalue weighted by Gasteiger charge is 2.35. The van der Waals surface area contributed by atoms with Crippen LogP contribution < -0.4 is 11.5 Å². The number of hydrogen-bond acceptors (Lipinski definition) is 2. The van der Waals surface area contributed by atoms with Gasteiger partial charge < -0.3 is 11.5 Å². The minimum Gasteiger partial charge on any atom is -0.396 e. The molecule has 7 heteroatoms. The van der Waals surface area contributed by atoms with E-state index in [1.165, 1.54) is 0 Å². The van der Waals surface area contributed by atoms with Crippen LogP contribution in [-0.4, -0.2) is 0 Å². The molecule has 0 fully saturated rings. The molecular weight excluding hydrogens is 207 g/mol. The van der Waals surface area contributed by atoms with E-state index in [0.29, 0.717) is 0 Å². The lowest BCUT2D eigenvalue weighted by Crippen LogP contribution is -2.13. The first kappa shape index (κ1) is 10.6. The summed E-state index contributed by atoms with van der Waals surface area (Å²) in [6.45, 7) is 0. The number of benzene rings is 1. The van der Waals surface area contributed by atoms with Crippen molar-refractivity contribution in [2.75, 3.05) is 11.5 Å². The third-order valence-electron chi connectivity index (χ3n) is 1.58. The van der Waals surface area contributed by atoms with Gasteiger partial charge in [-0.1, -0.05) is 0 Å². The van der Waals surface area contributed by atoms with Gasteiger partial charge in [-0.25, -0.2) is 8.78 Å². The van der Waals surface area contributed by atoms with Crippen LogP contribution in [-0.2, 0) is 6.18 Å². The monoisotopic (exact) mass is 212 g/mol. The van der Waals surface area contributed by atoms with Gasteiger partial charge in [-0.3, -0.25) is 0 Å². The topological polar surface area (TPSA) is 52.0 Å². The van der Waals surface area contributed by atoms with Gasteiger partial charge in [0.05, 0.1) is 16.9 Å². The maximum absolute atomic E-state index is 12.7. The lowest BCUT2D eigenvalue weighted by molar-refractivity contribution is -0.137. The van der Waals surface area contributed by atoms with Crippen molar-refractivity contribution in [1.82, 2.24) is 0 Å². The molecule has 1 aromatic carbocycles. The predicted octanol–water partition coefficient (Wildman–Crippen LogP) is 2.15. The minimum atomic E-state index is -4.85. The van der Waals surface area contributed by atoms with E-state index < -0.39 is 34.7 Å². The summed E-state index contributed by atoms with van der Waals surface area (Å²) >= 11 is 0. The summed E-state index contributed by atoms with van der Waals surface area (Å²) in [5.74, 6) is -3.35. The number of anilines is 2. The van der Waals surface area contributed by atoms with E-state index in [1.807, 2.05) is 0 Å². The average molecular weight is 212 g/mol. The summed E-state index contributed by atoms with van der Waals surface area (Å²) in [6.07, 6.45) is -4.85. The van der Waals surface area contributed by atoms with Crippen molar-refractivity contribution >= 4 is 11.4 Å². The highest BCUT2D eigenvalue weighted by atomic mass is 19.4. The van der Waals surface area contributed by atoms with Gasteiger partial charge in [0, 0.05) is 0 Å². The maximum atomic E-state index is 12.7. The van der Waals surface area contributed by atoms with Crippen LogP contribution in [0.4, 0.5) is 33.3 Å². The maximum Gasteiger partial charge on any atom is 0.418 e. The second-order valence-corrected chi connectivity index (χ2v) is 2.55. The molecular formula is C7H5F5N2. The Bertz CT molecular complexity index is 371. The number of rotatable bonds is 0. The third kappa shape index (κ3) is 1.57. The zero-order valence-corrected chi connectivity index (χ0v) is 6.62. The van der Waals surface area contributed by atoms with E-state index >= 15 is 0 Å². The van der Waals surface area contributed by atoms with Crippen LogP contribution in [0.2, 0.25) is 0 Å². The highest BCUT2D eigenvalue weighted by molar-refractivity contribution is 5.58. The van der Waals surface area contributed by atoms with Gasteiger partial charge in [0.15, 0.2) is 11.6 Å². The van der Waals surface area contributed by atoms with Crippen LogP contribution in [0, 0.1) is 11.6 Å². The number of nitrogen functional groups attached to an aromatic ring is 2. The Morgan fingerprint density at radius 2 is 1.50 bits per heavy atom. The quantitative estimate of drug-likeness (QED) is 0.511. The molecule has 0 saturated carbocycles. The van der Waals surface area contributed by atoms with Gasteiger partial charge in [0.1, 0.15) is 0 Å². The Kier molecular flexibility index (Phi) is 2.26. The lowest BCUT2D eigenvalue weighted by Gasteiger charge is -2.11. The molecule has 0 spiro atoms. The molecule has 0 aliphatic rings. The van der Waals surface area contributed by atoms with E-state index in [0.717, 1.165) is 0 Å². The first-order valence-corrected chi connectivity index (χ1v) is 3.35. The van der Waals surface area contributed by atoms with Crippen molar-refractivity contribution in [2.24, 2.45) is 0 Å².